The van der Waals surface area contributed by atoms with Crippen LogP contribution in [0.15, 0.2) is 24.3 Å². The van der Waals surface area contributed by atoms with Gasteiger partial charge >= 0.3 is 0 Å². The average Bonchev–Trinajstić information content (AvgIpc) is 2.28. The molecule has 0 aromatic heterocycles. The monoisotopic (exact) mass is 271 g/mol. The first kappa shape index (κ1) is 14.9. The molecule has 0 aliphatic rings. The minimum atomic E-state index is 0.235. The average molecular weight is 272 g/mol. The zero-order chi connectivity index (χ0) is 13.1. The van der Waals surface area contributed by atoms with Crippen molar-refractivity contribution in [1.29, 1.82) is 0 Å². The van der Waals surface area contributed by atoms with E-state index >= 15 is 0 Å². The van der Waals surface area contributed by atoms with E-state index in [1.165, 1.54) is 5.56 Å². The van der Waals surface area contributed by atoms with Gasteiger partial charge < -0.3 is 0 Å². The van der Waals surface area contributed by atoms with Crippen molar-refractivity contribution in [3.05, 3.63) is 34.9 Å². The fourth-order valence-electron chi connectivity index (χ4n) is 1.86. The predicted molar refractivity (Wildman–Crippen MR) is 80.1 cm³/mol. The van der Waals surface area contributed by atoms with E-state index < -0.39 is 0 Å². The lowest BCUT2D eigenvalue weighted by molar-refractivity contribution is 0.185. The van der Waals surface area contributed by atoms with E-state index in [1.54, 1.807) is 0 Å². The van der Waals surface area contributed by atoms with Crippen molar-refractivity contribution in [3.8, 4) is 0 Å². The molecule has 0 heterocycles. The lowest BCUT2D eigenvalue weighted by Crippen LogP contribution is -2.34. The molecule has 0 radical (unpaired) electrons. The highest BCUT2D eigenvalue weighted by Gasteiger charge is 2.21. The van der Waals surface area contributed by atoms with Crippen LogP contribution in [0.5, 0.6) is 0 Å². The summed E-state index contributed by atoms with van der Waals surface area (Å²) in [5, 5.41) is 0.791. The maximum Gasteiger partial charge on any atom is 0.0406 e. The van der Waals surface area contributed by atoms with Gasteiger partial charge in [0.1, 0.15) is 0 Å². The van der Waals surface area contributed by atoms with Crippen LogP contribution in [0.1, 0.15) is 32.4 Å². The number of hydrogen-bond donors (Lipinski definition) is 1. The van der Waals surface area contributed by atoms with Gasteiger partial charge in [-0.15, -0.1) is 0 Å². The molecule has 17 heavy (non-hydrogen) atoms. The van der Waals surface area contributed by atoms with Crippen molar-refractivity contribution in [1.82, 2.24) is 4.90 Å². The molecule has 1 aromatic carbocycles. The number of benzene rings is 1. The Morgan fingerprint density at radius 1 is 1.29 bits per heavy atom. The molecule has 0 fully saturated rings. The van der Waals surface area contributed by atoms with Crippen LogP contribution in [0.3, 0.4) is 0 Å². The van der Waals surface area contributed by atoms with E-state index in [0.717, 1.165) is 17.3 Å². The van der Waals surface area contributed by atoms with Crippen molar-refractivity contribution >= 4 is 24.2 Å². The van der Waals surface area contributed by atoms with Crippen molar-refractivity contribution in [2.75, 3.05) is 19.3 Å². The van der Waals surface area contributed by atoms with Gasteiger partial charge in [-0.05, 0) is 42.8 Å². The van der Waals surface area contributed by atoms with Gasteiger partial charge in [0.2, 0.25) is 0 Å². The predicted octanol–water partition coefficient (Wildman–Crippen LogP) is 4.29. The standard InChI is InChI=1S/C14H22ClNS/c1-11(12-5-7-13(15)8-6-12)16(4)9-14(2,3)10-17/h5-8,11,17H,9-10H2,1-4H3. The van der Waals surface area contributed by atoms with Crippen molar-refractivity contribution in [2.45, 2.75) is 26.8 Å². The molecule has 1 nitrogen and oxygen atoms in total. The van der Waals surface area contributed by atoms with Crippen LogP contribution in [0.25, 0.3) is 0 Å². The Kier molecular flexibility index (Phi) is 5.36. The molecule has 96 valence electrons. The van der Waals surface area contributed by atoms with E-state index in [2.05, 4.69) is 57.5 Å². The van der Waals surface area contributed by atoms with Gasteiger partial charge in [-0.2, -0.15) is 12.6 Å². The molecule has 0 saturated carbocycles. The maximum atomic E-state index is 5.90. The normalized spacial score (nSPS) is 14.1. The van der Waals surface area contributed by atoms with Crippen LogP contribution in [0.4, 0.5) is 0 Å². The zero-order valence-corrected chi connectivity index (χ0v) is 12.7. The second kappa shape index (κ2) is 6.12. The highest BCUT2D eigenvalue weighted by Crippen LogP contribution is 2.25. The Morgan fingerprint density at radius 2 is 1.82 bits per heavy atom. The van der Waals surface area contributed by atoms with Gasteiger partial charge in [-0.3, -0.25) is 4.90 Å². The molecule has 0 aliphatic carbocycles. The first-order valence-electron chi connectivity index (χ1n) is 5.92. The summed E-state index contributed by atoms with van der Waals surface area (Å²) in [6, 6.07) is 8.48. The SMILES string of the molecule is CC(c1ccc(Cl)cc1)N(C)CC(C)(C)CS. The largest absolute Gasteiger partial charge is 0.299 e. The van der Waals surface area contributed by atoms with Crippen LogP contribution < -0.4 is 0 Å². The molecule has 0 aliphatic heterocycles. The van der Waals surface area contributed by atoms with Crippen molar-refractivity contribution < 1.29 is 0 Å². The molecule has 0 saturated heterocycles. The molecule has 0 N–H and O–H groups in total. The third-order valence-electron chi connectivity index (χ3n) is 3.12. The molecule has 1 aromatic rings. The smallest absolute Gasteiger partial charge is 0.0406 e. The third-order valence-corrected chi connectivity index (χ3v) is 4.23. The van der Waals surface area contributed by atoms with Gasteiger partial charge in [0, 0.05) is 17.6 Å². The van der Waals surface area contributed by atoms with Gasteiger partial charge in [0.05, 0.1) is 0 Å². The van der Waals surface area contributed by atoms with Crippen LogP contribution in [-0.4, -0.2) is 24.2 Å². The topological polar surface area (TPSA) is 3.24 Å². The number of halogens is 1. The molecular weight excluding hydrogens is 250 g/mol. The number of hydrogen-bond acceptors (Lipinski definition) is 2. The summed E-state index contributed by atoms with van der Waals surface area (Å²) in [6.45, 7) is 7.73. The Hall–Kier alpha value is -0.180. The highest BCUT2D eigenvalue weighted by atomic mass is 35.5. The zero-order valence-electron chi connectivity index (χ0n) is 11.1. The fraction of sp³-hybridized carbons (Fsp3) is 0.571. The molecule has 1 rings (SSSR count). The second-order valence-electron chi connectivity index (χ2n) is 5.46. The summed E-state index contributed by atoms with van der Waals surface area (Å²) in [5.74, 6) is 0.894. The second-order valence-corrected chi connectivity index (χ2v) is 6.22. The van der Waals surface area contributed by atoms with Gasteiger partial charge in [0.25, 0.3) is 0 Å². The molecular formula is C14H22ClNS. The minimum Gasteiger partial charge on any atom is -0.299 e. The fourth-order valence-corrected chi connectivity index (χ4v) is 2.08. The summed E-state index contributed by atoms with van der Waals surface area (Å²) >= 11 is 10.3. The first-order chi connectivity index (χ1) is 7.85. The summed E-state index contributed by atoms with van der Waals surface area (Å²) in [4.78, 5) is 2.36. The molecule has 1 atom stereocenters. The van der Waals surface area contributed by atoms with Gasteiger partial charge in [-0.1, -0.05) is 37.6 Å². The quantitative estimate of drug-likeness (QED) is 0.782. The van der Waals surface area contributed by atoms with Gasteiger partial charge in [0.15, 0.2) is 0 Å². The Morgan fingerprint density at radius 3 is 2.29 bits per heavy atom. The summed E-state index contributed by atoms with van der Waals surface area (Å²) in [7, 11) is 2.16. The van der Waals surface area contributed by atoms with Crippen LogP contribution in [0.2, 0.25) is 5.02 Å². The van der Waals surface area contributed by atoms with E-state index in [-0.39, 0.29) is 5.41 Å². The summed E-state index contributed by atoms with van der Waals surface area (Å²) < 4.78 is 0. The molecule has 3 heteroatoms. The Labute approximate surface area is 116 Å². The third kappa shape index (κ3) is 4.53. The number of thiol groups is 1. The maximum absolute atomic E-state index is 5.90. The lowest BCUT2D eigenvalue weighted by Gasteiger charge is -2.33. The molecule has 0 spiro atoms. The summed E-state index contributed by atoms with van der Waals surface area (Å²) in [6.07, 6.45) is 0. The van der Waals surface area contributed by atoms with Crippen LogP contribution >= 0.6 is 24.2 Å². The first-order valence-corrected chi connectivity index (χ1v) is 6.93. The highest BCUT2D eigenvalue weighted by molar-refractivity contribution is 7.80. The van der Waals surface area contributed by atoms with E-state index in [0.29, 0.717) is 6.04 Å². The molecule has 1 unspecified atom stereocenters. The molecule has 0 bridgehead atoms. The Balaban J connectivity index is 2.69. The number of rotatable bonds is 5. The van der Waals surface area contributed by atoms with E-state index in [1.807, 2.05) is 12.1 Å². The lowest BCUT2D eigenvalue weighted by atomic mass is 9.94. The van der Waals surface area contributed by atoms with Crippen LogP contribution in [0, 0.1) is 5.41 Å². The van der Waals surface area contributed by atoms with E-state index in [9.17, 15) is 0 Å². The van der Waals surface area contributed by atoms with E-state index in [4.69, 9.17) is 11.6 Å². The Bertz CT molecular complexity index is 348. The summed E-state index contributed by atoms with van der Waals surface area (Å²) in [5.41, 5.74) is 1.53. The molecule has 0 amide bonds. The minimum absolute atomic E-state index is 0.235. The van der Waals surface area contributed by atoms with Gasteiger partial charge in [-0.25, -0.2) is 0 Å². The van der Waals surface area contributed by atoms with Crippen molar-refractivity contribution in [3.63, 3.8) is 0 Å². The van der Waals surface area contributed by atoms with Crippen LogP contribution in [-0.2, 0) is 0 Å². The van der Waals surface area contributed by atoms with Crippen molar-refractivity contribution in [2.24, 2.45) is 5.41 Å². The number of nitrogens with zero attached hydrogens (tertiary/aromatic N) is 1.